The normalized spacial score (nSPS) is 23.6. The predicted octanol–water partition coefficient (Wildman–Crippen LogP) is 1.23. The SMILES string of the molecule is CN1C(=O)[C](C2CCC(=O)N2C)Nc2ccccc21. The molecule has 3 rings (SSSR count). The van der Waals surface area contributed by atoms with E-state index in [4.69, 9.17) is 0 Å². The van der Waals surface area contributed by atoms with Crippen LogP contribution in [0.25, 0.3) is 0 Å². The highest BCUT2D eigenvalue weighted by atomic mass is 16.2. The van der Waals surface area contributed by atoms with Crippen molar-refractivity contribution >= 4 is 23.2 Å². The van der Waals surface area contributed by atoms with Crippen molar-refractivity contribution < 1.29 is 9.59 Å². The summed E-state index contributed by atoms with van der Waals surface area (Å²) in [5, 5.41) is 3.20. The second-order valence-electron chi connectivity index (χ2n) is 4.98. The minimum Gasteiger partial charge on any atom is -0.365 e. The summed E-state index contributed by atoms with van der Waals surface area (Å²) in [6.07, 6.45) is 1.20. The Morgan fingerprint density at radius 2 is 1.95 bits per heavy atom. The molecule has 0 aliphatic carbocycles. The molecule has 19 heavy (non-hydrogen) atoms. The first-order valence-corrected chi connectivity index (χ1v) is 6.36. The average molecular weight is 258 g/mol. The van der Waals surface area contributed by atoms with Gasteiger partial charge in [-0.2, -0.15) is 0 Å². The van der Waals surface area contributed by atoms with Gasteiger partial charge in [-0.3, -0.25) is 9.59 Å². The highest BCUT2D eigenvalue weighted by molar-refractivity contribution is 6.11. The Morgan fingerprint density at radius 1 is 1.21 bits per heavy atom. The number of carbonyl (C=O) groups excluding carboxylic acids is 2. The predicted molar refractivity (Wildman–Crippen MR) is 72.5 cm³/mol. The van der Waals surface area contributed by atoms with Crippen LogP contribution in [0.1, 0.15) is 12.8 Å². The topological polar surface area (TPSA) is 52.7 Å². The van der Waals surface area contributed by atoms with Gasteiger partial charge in [0.25, 0.3) is 5.91 Å². The Hall–Kier alpha value is -2.04. The van der Waals surface area contributed by atoms with Crippen LogP contribution in [0, 0.1) is 6.04 Å². The number of rotatable bonds is 1. The maximum atomic E-state index is 12.4. The number of nitrogens with one attached hydrogen (secondary N) is 1. The van der Waals surface area contributed by atoms with Gasteiger partial charge in [-0.1, -0.05) is 12.1 Å². The van der Waals surface area contributed by atoms with Crippen LogP contribution in [0.5, 0.6) is 0 Å². The van der Waals surface area contributed by atoms with Gasteiger partial charge in [0.15, 0.2) is 6.04 Å². The third kappa shape index (κ3) is 1.77. The molecule has 0 aromatic heterocycles. The van der Waals surface area contributed by atoms with E-state index in [2.05, 4.69) is 5.32 Å². The van der Waals surface area contributed by atoms with E-state index in [1.165, 1.54) is 0 Å². The lowest BCUT2D eigenvalue weighted by Gasteiger charge is -2.36. The van der Waals surface area contributed by atoms with E-state index in [1.807, 2.05) is 24.3 Å². The summed E-state index contributed by atoms with van der Waals surface area (Å²) in [6, 6.07) is 8.12. The Bertz CT molecular complexity index is 543. The van der Waals surface area contributed by atoms with Gasteiger partial charge in [-0.25, -0.2) is 0 Å². The largest absolute Gasteiger partial charge is 0.365 e. The molecule has 2 heterocycles. The molecule has 0 saturated carbocycles. The zero-order valence-corrected chi connectivity index (χ0v) is 11.0. The van der Waals surface area contributed by atoms with Gasteiger partial charge in [-0.05, 0) is 18.6 Å². The number of anilines is 2. The van der Waals surface area contributed by atoms with Crippen LogP contribution < -0.4 is 10.2 Å². The molecular weight excluding hydrogens is 242 g/mol. The summed E-state index contributed by atoms with van der Waals surface area (Å²) >= 11 is 0. The average Bonchev–Trinajstić information content (AvgIpc) is 2.75. The van der Waals surface area contributed by atoms with E-state index in [0.29, 0.717) is 18.9 Å². The molecule has 2 amide bonds. The second-order valence-corrected chi connectivity index (χ2v) is 4.98. The number of hydrogen-bond acceptors (Lipinski definition) is 3. The van der Waals surface area contributed by atoms with Crippen LogP contribution in [0.15, 0.2) is 24.3 Å². The maximum absolute atomic E-state index is 12.4. The van der Waals surface area contributed by atoms with Gasteiger partial charge in [-0.15, -0.1) is 0 Å². The van der Waals surface area contributed by atoms with Gasteiger partial charge < -0.3 is 15.1 Å². The molecule has 1 N–H and O–H groups in total. The first-order chi connectivity index (χ1) is 9.09. The second kappa shape index (κ2) is 4.26. The van der Waals surface area contributed by atoms with Crippen molar-refractivity contribution in [3.05, 3.63) is 30.3 Å². The van der Waals surface area contributed by atoms with Gasteiger partial charge in [0, 0.05) is 20.5 Å². The van der Waals surface area contributed by atoms with Gasteiger partial charge >= 0.3 is 0 Å². The lowest BCUT2D eigenvalue weighted by atomic mass is 10.0. The van der Waals surface area contributed by atoms with Crippen molar-refractivity contribution in [2.75, 3.05) is 24.3 Å². The molecule has 5 heteroatoms. The monoisotopic (exact) mass is 258 g/mol. The number of fused-ring (bicyclic) bond motifs is 1. The number of likely N-dealkylation sites (N-methyl/N-ethyl adjacent to an activating group) is 2. The number of amides is 2. The van der Waals surface area contributed by atoms with Crippen LogP contribution in [-0.2, 0) is 9.59 Å². The number of likely N-dealkylation sites (tertiary alicyclic amines) is 1. The molecule has 1 radical (unpaired) electrons. The molecule has 0 spiro atoms. The summed E-state index contributed by atoms with van der Waals surface area (Å²) in [5.41, 5.74) is 1.77. The van der Waals surface area contributed by atoms with Crippen molar-refractivity contribution in [3.63, 3.8) is 0 Å². The highest BCUT2D eigenvalue weighted by Crippen LogP contribution is 2.36. The van der Waals surface area contributed by atoms with E-state index in [1.54, 1.807) is 23.9 Å². The third-order valence-corrected chi connectivity index (χ3v) is 3.90. The molecule has 1 saturated heterocycles. The van der Waals surface area contributed by atoms with Crippen LogP contribution in [0.3, 0.4) is 0 Å². The van der Waals surface area contributed by atoms with Crippen molar-refractivity contribution in [2.45, 2.75) is 18.9 Å². The van der Waals surface area contributed by atoms with Crippen LogP contribution >= 0.6 is 0 Å². The van der Waals surface area contributed by atoms with Crippen molar-refractivity contribution in [2.24, 2.45) is 0 Å². The molecule has 1 atom stereocenters. The standard InChI is InChI=1S/C14H16N3O2/c1-16-11(7-8-12(16)18)13-14(19)17(2)10-6-4-3-5-9(10)15-13/h3-6,11,15H,7-8H2,1-2H3. The highest BCUT2D eigenvalue weighted by Gasteiger charge is 2.42. The van der Waals surface area contributed by atoms with Crippen LogP contribution in [0.2, 0.25) is 0 Å². The number of benzene rings is 1. The number of hydrogen-bond donors (Lipinski definition) is 1. The molecule has 2 aliphatic rings. The minimum atomic E-state index is -0.143. The summed E-state index contributed by atoms with van der Waals surface area (Å²) < 4.78 is 0. The fourth-order valence-electron chi connectivity index (χ4n) is 2.73. The Morgan fingerprint density at radius 3 is 2.63 bits per heavy atom. The van der Waals surface area contributed by atoms with Gasteiger partial charge in [0.1, 0.15) is 0 Å². The molecule has 1 aromatic rings. The van der Waals surface area contributed by atoms with E-state index in [0.717, 1.165) is 11.4 Å². The van der Waals surface area contributed by atoms with E-state index < -0.39 is 0 Å². The van der Waals surface area contributed by atoms with E-state index in [-0.39, 0.29) is 17.9 Å². The van der Waals surface area contributed by atoms with Gasteiger partial charge in [0.2, 0.25) is 5.91 Å². The lowest BCUT2D eigenvalue weighted by Crippen LogP contribution is -2.49. The molecule has 99 valence electrons. The van der Waals surface area contributed by atoms with Crippen LogP contribution in [-0.4, -0.2) is 36.9 Å². The Balaban J connectivity index is 1.93. The van der Waals surface area contributed by atoms with Crippen molar-refractivity contribution in [1.29, 1.82) is 0 Å². The first-order valence-electron chi connectivity index (χ1n) is 6.36. The molecule has 1 aromatic carbocycles. The number of carbonyl (C=O) groups is 2. The molecule has 1 unspecified atom stereocenters. The zero-order valence-electron chi connectivity index (χ0n) is 11.0. The Kier molecular flexibility index (Phi) is 2.69. The third-order valence-electron chi connectivity index (χ3n) is 3.90. The summed E-state index contributed by atoms with van der Waals surface area (Å²) in [7, 11) is 3.52. The lowest BCUT2D eigenvalue weighted by molar-refractivity contribution is -0.127. The van der Waals surface area contributed by atoms with Crippen molar-refractivity contribution in [1.82, 2.24) is 4.90 Å². The summed E-state index contributed by atoms with van der Waals surface area (Å²) in [6.45, 7) is 0. The van der Waals surface area contributed by atoms with Gasteiger partial charge in [0.05, 0.1) is 17.4 Å². The summed E-state index contributed by atoms with van der Waals surface area (Å²) in [4.78, 5) is 27.3. The van der Waals surface area contributed by atoms with E-state index >= 15 is 0 Å². The molecule has 1 fully saturated rings. The molecule has 0 bridgehead atoms. The summed E-state index contributed by atoms with van der Waals surface area (Å²) in [5.74, 6) is 0.0267. The number of nitrogens with zero attached hydrogens (tertiary/aromatic N) is 2. The van der Waals surface area contributed by atoms with Crippen LogP contribution in [0.4, 0.5) is 11.4 Å². The molecule has 5 nitrogen and oxygen atoms in total. The quantitative estimate of drug-likeness (QED) is 0.824. The smallest absolute Gasteiger partial charge is 0.257 e. The molecule has 2 aliphatic heterocycles. The minimum absolute atomic E-state index is 0.0646. The number of para-hydroxylation sites is 2. The fourth-order valence-corrected chi connectivity index (χ4v) is 2.73. The molecular formula is C14H16N3O2. The Labute approximate surface area is 112 Å². The van der Waals surface area contributed by atoms with Crippen molar-refractivity contribution in [3.8, 4) is 0 Å². The zero-order chi connectivity index (χ0) is 13.6. The fraction of sp³-hybridized carbons (Fsp3) is 0.357. The maximum Gasteiger partial charge on any atom is 0.257 e. The first kappa shape index (κ1) is 12.0. The van der Waals surface area contributed by atoms with E-state index in [9.17, 15) is 9.59 Å².